The summed E-state index contributed by atoms with van der Waals surface area (Å²) in [5.41, 5.74) is 3.74. The maximum Gasteiger partial charge on any atom is 0.285 e. The SMILES string of the molecule is Cc1nn2c(nnc3c(=O)n(-c4ccc5c(c4)OCCO5)ccc32)c1-c1ccc(F)cc1. The zero-order chi connectivity index (χ0) is 21.8. The Morgan fingerprint density at radius 3 is 2.56 bits per heavy atom. The van der Waals surface area contributed by atoms with Gasteiger partial charge >= 0.3 is 0 Å². The van der Waals surface area contributed by atoms with Gasteiger partial charge in [-0.05, 0) is 42.8 Å². The number of halogens is 1. The van der Waals surface area contributed by atoms with Gasteiger partial charge in [-0.3, -0.25) is 9.36 Å². The van der Waals surface area contributed by atoms with Crippen molar-refractivity contribution in [1.82, 2.24) is 24.4 Å². The number of aromatic nitrogens is 5. The molecule has 0 unspecified atom stereocenters. The second-order valence-corrected chi connectivity index (χ2v) is 7.46. The first-order chi connectivity index (χ1) is 15.6. The topological polar surface area (TPSA) is 83.5 Å². The molecule has 3 aromatic heterocycles. The van der Waals surface area contributed by atoms with Crippen LogP contribution in [0.2, 0.25) is 0 Å². The number of pyridine rings is 1. The number of benzene rings is 2. The molecule has 0 radical (unpaired) electrons. The lowest BCUT2D eigenvalue weighted by molar-refractivity contribution is 0.171. The van der Waals surface area contributed by atoms with Gasteiger partial charge in [-0.25, -0.2) is 8.91 Å². The Kier molecular flexibility index (Phi) is 3.97. The van der Waals surface area contributed by atoms with Crippen LogP contribution < -0.4 is 15.0 Å². The van der Waals surface area contributed by atoms with E-state index in [4.69, 9.17) is 9.47 Å². The molecule has 0 fully saturated rings. The van der Waals surface area contributed by atoms with Crippen LogP contribution in [-0.2, 0) is 0 Å². The van der Waals surface area contributed by atoms with Crippen LogP contribution in [0.5, 0.6) is 11.5 Å². The van der Waals surface area contributed by atoms with Crippen molar-refractivity contribution in [3.05, 3.63) is 76.6 Å². The lowest BCUT2D eigenvalue weighted by Crippen LogP contribution is -2.21. The molecule has 0 saturated heterocycles. The van der Waals surface area contributed by atoms with E-state index in [2.05, 4.69) is 15.3 Å². The zero-order valence-corrected chi connectivity index (χ0v) is 16.9. The van der Waals surface area contributed by atoms with Gasteiger partial charge in [0.2, 0.25) is 0 Å². The molecular weight excluding hydrogens is 413 g/mol. The summed E-state index contributed by atoms with van der Waals surface area (Å²) >= 11 is 0. The van der Waals surface area contributed by atoms with E-state index in [1.54, 1.807) is 47.1 Å². The van der Waals surface area contributed by atoms with Crippen LogP contribution in [0.25, 0.3) is 33.5 Å². The van der Waals surface area contributed by atoms with Crippen molar-refractivity contribution < 1.29 is 13.9 Å². The molecule has 158 valence electrons. The van der Waals surface area contributed by atoms with Crippen molar-refractivity contribution in [2.75, 3.05) is 13.2 Å². The van der Waals surface area contributed by atoms with E-state index in [0.717, 1.165) is 11.1 Å². The van der Waals surface area contributed by atoms with Crippen molar-refractivity contribution >= 4 is 16.7 Å². The fourth-order valence-corrected chi connectivity index (χ4v) is 3.99. The summed E-state index contributed by atoms with van der Waals surface area (Å²) < 4.78 is 27.6. The number of nitrogens with zero attached hydrogens (tertiary/aromatic N) is 5. The second-order valence-electron chi connectivity index (χ2n) is 7.46. The summed E-state index contributed by atoms with van der Waals surface area (Å²) in [4.78, 5) is 13.2. The highest BCUT2D eigenvalue weighted by atomic mass is 19.1. The Morgan fingerprint density at radius 2 is 1.75 bits per heavy atom. The minimum atomic E-state index is -0.329. The Balaban J connectivity index is 1.53. The third kappa shape index (κ3) is 2.74. The molecule has 8 nitrogen and oxygen atoms in total. The fraction of sp³-hybridized carbons (Fsp3) is 0.130. The zero-order valence-electron chi connectivity index (χ0n) is 16.9. The molecule has 4 heterocycles. The molecule has 9 heteroatoms. The van der Waals surface area contributed by atoms with Gasteiger partial charge in [0.15, 0.2) is 22.7 Å². The lowest BCUT2D eigenvalue weighted by atomic mass is 10.1. The smallest absolute Gasteiger partial charge is 0.285 e. The van der Waals surface area contributed by atoms with Gasteiger partial charge < -0.3 is 9.47 Å². The minimum absolute atomic E-state index is 0.183. The molecule has 1 aliphatic rings. The fourth-order valence-electron chi connectivity index (χ4n) is 3.99. The molecule has 5 aromatic rings. The summed E-state index contributed by atoms with van der Waals surface area (Å²) in [6.07, 6.45) is 1.67. The molecule has 32 heavy (non-hydrogen) atoms. The van der Waals surface area contributed by atoms with E-state index in [-0.39, 0.29) is 16.9 Å². The lowest BCUT2D eigenvalue weighted by Gasteiger charge is -2.19. The number of rotatable bonds is 2. The number of fused-ring (bicyclic) bond motifs is 4. The van der Waals surface area contributed by atoms with Crippen LogP contribution in [0.1, 0.15) is 5.69 Å². The summed E-state index contributed by atoms with van der Waals surface area (Å²) in [6, 6.07) is 13.2. The summed E-state index contributed by atoms with van der Waals surface area (Å²) in [5.74, 6) is 0.920. The molecule has 1 aliphatic heterocycles. The van der Waals surface area contributed by atoms with Gasteiger partial charge in [0.25, 0.3) is 5.56 Å². The van der Waals surface area contributed by atoms with Gasteiger partial charge in [-0.15, -0.1) is 10.2 Å². The van der Waals surface area contributed by atoms with Crippen LogP contribution in [0.4, 0.5) is 4.39 Å². The largest absolute Gasteiger partial charge is 0.486 e. The number of ether oxygens (including phenoxy) is 2. The monoisotopic (exact) mass is 429 g/mol. The number of hydrogen-bond acceptors (Lipinski definition) is 6. The second kappa shape index (κ2) is 6.88. The maximum absolute atomic E-state index is 13.4. The first-order valence-corrected chi connectivity index (χ1v) is 10.0. The quantitative estimate of drug-likeness (QED) is 0.428. The number of aryl methyl sites for hydroxylation is 1. The van der Waals surface area contributed by atoms with Gasteiger partial charge in [-0.1, -0.05) is 12.1 Å². The van der Waals surface area contributed by atoms with E-state index in [0.29, 0.717) is 47.3 Å². The third-order valence-electron chi connectivity index (χ3n) is 5.49. The molecule has 0 N–H and O–H groups in total. The first-order valence-electron chi connectivity index (χ1n) is 10.0. The van der Waals surface area contributed by atoms with Crippen LogP contribution in [0, 0.1) is 12.7 Å². The molecule has 0 aliphatic carbocycles. The minimum Gasteiger partial charge on any atom is -0.486 e. The van der Waals surface area contributed by atoms with Crippen molar-refractivity contribution in [2.24, 2.45) is 0 Å². The highest BCUT2D eigenvalue weighted by Crippen LogP contribution is 2.32. The van der Waals surface area contributed by atoms with Crippen molar-refractivity contribution in [2.45, 2.75) is 6.92 Å². The van der Waals surface area contributed by atoms with Gasteiger partial charge in [-0.2, -0.15) is 5.10 Å². The van der Waals surface area contributed by atoms with E-state index in [1.165, 1.54) is 16.7 Å². The predicted molar refractivity (Wildman–Crippen MR) is 115 cm³/mol. The van der Waals surface area contributed by atoms with Crippen LogP contribution >= 0.6 is 0 Å². The third-order valence-corrected chi connectivity index (χ3v) is 5.49. The molecule has 0 atom stereocenters. The Hall–Kier alpha value is -4.27. The Labute approximate surface area is 180 Å². The van der Waals surface area contributed by atoms with Gasteiger partial charge in [0.05, 0.1) is 16.9 Å². The molecule has 0 saturated carbocycles. The molecular formula is C23H16FN5O3. The molecule has 2 aromatic carbocycles. The summed E-state index contributed by atoms with van der Waals surface area (Å²) in [6.45, 7) is 2.80. The van der Waals surface area contributed by atoms with Crippen molar-refractivity contribution in [3.63, 3.8) is 0 Å². The van der Waals surface area contributed by atoms with Crippen LogP contribution in [-0.4, -0.2) is 37.6 Å². The molecule has 0 spiro atoms. The number of hydrogen-bond donors (Lipinski definition) is 0. The first kappa shape index (κ1) is 18.5. The average Bonchev–Trinajstić information content (AvgIpc) is 3.16. The summed E-state index contributed by atoms with van der Waals surface area (Å²) in [7, 11) is 0. The molecule has 0 amide bonds. The summed E-state index contributed by atoms with van der Waals surface area (Å²) in [5, 5.41) is 13.1. The average molecular weight is 429 g/mol. The Bertz CT molecular complexity index is 1570. The highest BCUT2D eigenvalue weighted by molar-refractivity contribution is 5.84. The maximum atomic E-state index is 13.4. The van der Waals surface area contributed by atoms with Gasteiger partial charge in [0, 0.05) is 12.3 Å². The van der Waals surface area contributed by atoms with Crippen molar-refractivity contribution in [3.8, 4) is 28.3 Å². The predicted octanol–water partition coefficient (Wildman–Crippen LogP) is 3.31. The standard InChI is InChI=1S/C23H16FN5O3/c1-13-20(14-2-4-15(24)5-3-14)22-26-25-21-17(29(22)27-13)8-9-28(23(21)30)16-6-7-18-19(12-16)32-11-10-31-18/h2-9,12H,10-11H2,1H3. The van der Waals surface area contributed by atoms with Gasteiger partial charge in [0.1, 0.15) is 24.5 Å². The molecule has 6 rings (SSSR count). The van der Waals surface area contributed by atoms with Crippen LogP contribution in [0.15, 0.2) is 59.5 Å². The van der Waals surface area contributed by atoms with E-state index in [1.807, 2.05) is 6.92 Å². The van der Waals surface area contributed by atoms with E-state index >= 15 is 0 Å². The highest BCUT2D eigenvalue weighted by Gasteiger charge is 2.19. The normalized spacial score (nSPS) is 13.1. The Morgan fingerprint density at radius 1 is 0.969 bits per heavy atom. The van der Waals surface area contributed by atoms with Crippen molar-refractivity contribution in [1.29, 1.82) is 0 Å². The van der Waals surface area contributed by atoms with Crippen LogP contribution in [0.3, 0.4) is 0 Å². The molecule has 0 bridgehead atoms. The van der Waals surface area contributed by atoms with E-state index in [9.17, 15) is 9.18 Å². The van der Waals surface area contributed by atoms with E-state index < -0.39 is 0 Å².